The minimum Gasteiger partial charge on any atom is -0.481 e. The molecule has 0 unspecified atom stereocenters. The number of carbonyl (C=O) groups is 1. The predicted octanol–water partition coefficient (Wildman–Crippen LogP) is 7.84. The summed E-state index contributed by atoms with van der Waals surface area (Å²) >= 11 is 18.6. The van der Waals surface area contributed by atoms with E-state index in [9.17, 15) is 13.2 Å². The molecule has 3 aromatic carbocycles. The Kier molecular flexibility index (Phi) is 9.81. The topological polar surface area (TPSA) is 120 Å². The van der Waals surface area contributed by atoms with Crippen LogP contribution in [0.3, 0.4) is 0 Å². The number of halogens is 3. The Morgan fingerprint density at radius 3 is 2.40 bits per heavy atom. The Balaban J connectivity index is 1.76. The van der Waals surface area contributed by atoms with Gasteiger partial charge in [0.15, 0.2) is 5.75 Å². The Labute approximate surface area is 260 Å². The molecule has 0 atom stereocenters. The molecule has 4 aromatic rings. The van der Waals surface area contributed by atoms with Crippen LogP contribution >= 0.6 is 34.8 Å². The number of hydrogen-bond donors (Lipinski definition) is 2. The van der Waals surface area contributed by atoms with Crippen molar-refractivity contribution in [3.63, 3.8) is 0 Å². The molecule has 0 aliphatic rings. The van der Waals surface area contributed by atoms with Gasteiger partial charge in [-0.2, -0.15) is 0 Å². The van der Waals surface area contributed by atoms with Gasteiger partial charge in [-0.1, -0.05) is 60.5 Å². The van der Waals surface area contributed by atoms with Crippen LogP contribution in [0.25, 0.3) is 11.0 Å². The third-order valence-corrected chi connectivity index (χ3v) is 10.3. The highest BCUT2D eigenvalue weighted by atomic mass is 35.5. The zero-order valence-electron chi connectivity index (χ0n) is 23.4. The highest BCUT2D eigenvalue weighted by molar-refractivity contribution is 7.92. The van der Waals surface area contributed by atoms with E-state index in [0.717, 1.165) is 6.04 Å². The average Bonchev–Trinajstić information content (AvgIpc) is 3.15. The van der Waals surface area contributed by atoms with Gasteiger partial charge in [0, 0.05) is 25.8 Å². The summed E-state index contributed by atoms with van der Waals surface area (Å²) in [5.41, 5.74) is 1.74. The second-order valence-electron chi connectivity index (χ2n) is 10.9. The number of hydrogen-bond acceptors (Lipinski definition) is 6. The monoisotopic (exact) mass is 669 g/mol. The fourth-order valence-electron chi connectivity index (χ4n) is 4.06. The largest absolute Gasteiger partial charge is 0.481 e. The maximum atomic E-state index is 13.4. The van der Waals surface area contributed by atoms with Crippen LogP contribution in [0.15, 0.2) is 53.4 Å². The van der Waals surface area contributed by atoms with Crippen molar-refractivity contribution in [2.75, 3.05) is 11.3 Å². The van der Waals surface area contributed by atoms with Crippen LogP contribution in [0.5, 0.6) is 11.5 Å². The maximum Gasteiger partial charge on any atom is 0.307 e. The average molecular weight is 671 g/mol. The van der Waals surface area contributed by atoms with Gasteiger partial charge in [-0.3, -0.25) is 9.52 Å². The van der Waals surface area contributed by atoms with E-state index in [4.69, 9.17) is 49.4 Å². The lowest BCUT2D eigenvalue weighted by molar-refractivity contribution is -0.136. The Bertz CT molecular complexity index is 1760. The number of ether oxygens (including phenoxy) is 2. The molecule has 14 heteroatoms. The highest BCUT2D eigenvalue weighted by Gasteiger charge is 2.23. The number of imidazole rings is 1. The third-order valence-electron chi connectivity index (χ3n) is 6.26. The van der Waals surface area contributed by atoms with Crippen molar-refractivity contribution >= 4 is 75.6 Å². The number of rotatable bonds is 12. The zero-order valence-corrected chi connectivity index (χ0v) is 27.5. The minimum atomic E-state index is -4.18. The van der Waals surface area contributed by atoms with E-state index < -0.39 is 24.1 Å². The number of aromatic nitrogens is 2. The summed E-state index contributed by atoms with van der Waals surface area (Å²) in [6, 6.07) is 12.9. The van der Waals surface area contributed by atoms with Crippen molar-refractivity contribution in [1.82, 2.24) is 9.55 Å². The summed E-state index contributed by atoms with van der Waals surface area (Å²) in [4.78, 5) is 15.6. The molecule has 0 radical (unpaired) electrons. The van der Waals surface area contributed by atoms with Crippen molar-refractivity contribution < 1.29 is 27.8 Å². The second-order valence-corrected chi connectivity index (χ2v) is 19.4. The first-order valence-corrected chi connectivity index (χ1v) is 19.2. The van der Waals surface area contributed by atoms with E-state index in [-0.39, 0.29) is 45.3 Å². The lowest BCUT2D eigenvalue weighted by atomic mass is 10.1. The van der Waals surface area contributed by atoms with Gasteiger partial charge in [-0.05, 0) is 54.9 Å². The molecule has 0 spiro atoms. The Morgan fingerprint density at radius 2 is 1.76 bits per heavy atom. The molecule has 224 valence electrons. The molecule has 9 nitrogen and oxygen atoms in total. The van der Waals surface area contributed by atoms with Crippen molar-refractivity contribution in [3.8, 4) is 11.5 Å². The van der Waals surface area contributed by atoms with Gasteiger partial charge in [-0.15, -0.1) is 0 Å². The summed E-state index contributed by atoms with van der Waals surface area (Å²) in [5, 5.41) is 9.50. The molecule has 0 aliphatic carbocycles. The van der Waals surface area contributed by atoms with Crippen LogP contribution < -0.4 is 9.46 Å². The number of nitrogens with one attached hydrogen (secondary N) is 1. The van der Waals surface area contributed by atoms with E-state index in [0.29, 0.717) is 34.1 Å². The lowest BCUT2D eigenvalue weighted by Crippen LogP contribution is -2.22. The number of aryl methyl sites for hydroxylation is 1. The van der Waals surface area contributed by atoms with E-state index >= 15 is 0 Å². The van der Waals surface area contributed by atoms with Gasteiger partial charge in [-0.25, -0.2) is 13.4 Å². The number of nitrogens with zero attached hydrogens (tertiary/aromatic N) is 2. The number of carboxylic acids is 1. The fourth-order valence-corrected chi connectivity index (χ4v) is 6.89. The van der Waals surface area contributed by atoms with Crippen LogP contribution in [-0.4, -0.2) is 43.7 Å². The van der Waals surface area contributed by atoms with Crippen LogP contribution in [0.4, 0.5) is 5.69 Å². The molecular weight excluding hydrogens is 641 g/mol. The van der Waals surface area contributed by atoms with Crippen molar-refractivity contribution in [2.24, 2.45) is 0 Å². The van der Waals surface area contributed by atoms with E-state index in [1.54, 1.807) is 18.2 Å². The van der Waals surface area contributed by atoms with Crippen LogP contribution in [-0.2, 0) is 32.7 Å². The number of benzene rings is 3. The summed E-state index contributed by atoms with van der Waals surface area (Å²) in [6.45, 7) is 9.52. The summed E-state index contributed by atoms with van der Waals surface area (Å²) < 4.78 is 43.3. The third kappa shape index (κ3) is 7.97. The molecule has 1 heterocycles. The Hall–Kier alpha value is -2.80. The highest BCUT2D eigenvalue weighted by Crippen LogP contribution is 2.39. The van der Waals surface area contributed by atoms with Gasteiger partial charge in [0.2, 0.25) is 0 Å². The fraction of sp³-hybridized carbons (Fsp3) is 0.286. The molecule has 0 aliphatic heterocycles. The van der Waals surface area contributed by atoms with Gasteiger partial charge in [0.1, 0.15) is 23.2 Å². The van der Waals surface area contributed by atoms with Gasteiger partial charge in [0.05, 0.1) is 33.2 Å². The zero-order chi connectivity index (χ0) is 30.8. The quantitative estimate of drug-likeness (QED) is 0.116. The van der Waals surface area contributed by atoms with Gasteiger partial charge >= 0.3 is 5.97 Å². The smallest absolute Gasteiger partial charge is 0.307 e. The number of anilines is 1. The van der Waals surface area contributed by atoms with E-state index in [1.165, 1.54) is 30.3 Å². The van der Waals surface area contributed by atoms with E-state index in [1.807, 2.05) is 11.5 Å². The molecule has 0 saturated carbocycles. The summed E-state index contributed by atoms with van der Waals surface area (Å²) in [7, 11) is -5.46. The second kappa shape index (κ2) is 12.8. The maximum absolute atomic E-state index is 13.4. The number of sulfonamides is 1. The van der Waals surface area contributed by atoms with Crippen LogP contribution in [0.2, 0.25) is 40.8 Å². The van der Waals surface area contributed by atoms with E-state index in [2.05, 4.69) is 29.3 Å². The first-order chi connectivity index (χ1) is 19.6. The Morgan fingerprint density at radius 1 is 1.02 bits per heavy atom. The summed E-state index contributed by atoms with van der Waals surface area (Å²) in [5.74, 6) is -0.00390. The minimum absolute atomic E-state index is 0.0498. The van der Waals surface area contributed by atoms with Gasteiger partial charge < -0.3 is 19.1 Å². The summed E-state index contributed by atoms with van der Waals surface area (Å²) in [6.07, 6.45) is -0.213. The molecule has 42 heavy (non-hydrogen) atoms. The van der Waals surface area contributed by atoms with Crippen molar-refractivity contribution in [2.45, 2.75) is 50.7 Å². The van der Waals surface area contributed by atoms with Crippen molar-refractivity contribution in [1.29, 1.82) is 0 Å². The normalized spacial score (nSPS) is 12.1. The SMILES string of the molecule is Cc1nc2cc(NS(=O)(=O)c3ccc(Cl)cc3Cl)c(Oc3ccc(CC(=O)O)cc3Cl)cc2n1COCC[Si](C)(C)C. The van der Waals surface area contributed by atoms with Crippen LogP contribution in [0.1, 0.15) is 11.4 Å². The standard InChI is InChI=1S/C28H30Cl3N3O6SSi/c1-17-32-22-14-23(33-41(37,38)27-8-6-19(29)13-21(27)31)26(15-24(22)34(17)16-39-9-10-42(2,3)4)40-25-7-5-18(11-20(25)30)12-28(35)36/h5-8,11,13-15,33H,9-10,12,16H2,1-4H3,(H,35,36). The van der Waals surface area contributed by atoms with Crippen molar-refractivity contribution in [3.05, 3.63) is 75.0 Å². The van der Waals surface area contributed by atoms with Crippen LogP contribution in [0, 0.1) is 6.92 Å². The first-order valence-electron chi connectivity index (χ1n) is 12.9. The number of aliphatic carboxylic acids is 1. The number of carboxylic acid groups (broad SMARTS) is 1. The molecule has 0 saturated heterocycles. The molecule has 1 aromatic heterocycles. The molecule has 0 fully saturated rings. The lowest BCUT2D eigenvalue weighted by Gasteiger charge is -2.17. The molecule has 0 amide bonds. The molecule has 0 bridgehead atoms. The van der Waals surface area contributed by atoms with Gasteiger partial charge in [0.25, 0.3) is 10.0 Å². The molecule has 2 N–H and O–H groups in total. The molecular formula is C28H30Cl3N3O6SSi. The number of fused-ring (bicyclic) bond motifs is 1. The predicted molar refractivity (Wildman–Crippen MR) is 169 cm³/mol. The molecule has 4 rings (SSSR count). The first kappa shape index (κ1) is 32.1.